The van der Waals surface area contributed by atoms with Crippen molar-refractivity contribution in [3.8, 4) is 0 Å². The van der Waals surface area contributed by atoms with Crippen molar-refractivity contribution in [2.24, 2.45) is 0 Å². The molecule has 2 aromatic rings. The van der Waals surface area contributed by atoms with Crippen LogP contribution in [0.4, 0.5) is 0 Å². The molecule has 0 atom stereocenters. The molecule has 15 heavy (non-hydrogen) atoms. The Morgan fingerprint density at radius 2 is 2.40 bits per heavy atom. The quantitative estimate of drug-likeness (QED) is 0.701. The van der Waals surface area contributed by atoms with Gasteiger partial charge in [0.05, 0.1) is 12.1 Å². The first-order valence-electron chi connectivity index (χ1n) is 4.83. The molecule has 4 heteroatoms. The zero-order chi connectivity index (χ0) is 10.8. The van der Waals surface area contributed by atoms with E-state index in [1.165, 1.54) is 0 Å². The number of imidazole rings is 1. The van der Waals surface area contributed by atoms with Gasteiger partial charge in [0.15, 0.2) is 5.69 Å². The zero-order valence-corrected chi connectivity index (χ0v) is 8.73. The highest BCUT2D eigenvalue weighted by Gasteiger charge is 2.13. The van der Waals surface area contributed by atoms with Crippen LogP contribution in [0.1, 0.15) is 23.0 Å². The molecule has 0 bridgehead atoms. The standard InChI is InChI=1S/C11H12N2O2/c1-3-15-11(14)10-9-6-8(2)4-5-13(9)7-12-10/h4-7H,3H2,1-2H3. The van der Waals surface area contributed by atoms with Gasteiger partial charge in [-0.2, -0.15) is 0 Å². The Balaban J connectivity index is 2.52. The molecule has 0 radical (unpaired) electrons. The van der Waals surface area contributed by atoms with E-state index in [1.807, 2.05) is 25.3 Å². The second kappa shape index (κ2) is 3.73. The number of rotatable bonds is 2. The predicted molar refractivity (Wildman–Crippen MR) is 55.9 cm³/mol. The minimum Gasteiger partial charge on any atom is -0.461 e. The SMILES string of the molecule is CCOC(=O)c1ncn2ccc(C)cc12. The number of ether oxygens (including phenoxy) is 1. The molecule has 0 spiro atoms. The van der Waals surface area contributed by atoms with Gasteiger partial charge in [-0.3, -0.25) is 0 Å². The molecule has 0 saturated heterocycles. The van der Waals surface area contributed by atoms with E-state index in [-0.39, 0.29) is 5.97 Å². The number of aryl methyl sites for hydroxylation is 1. The van der Waals surface area contributed by atoms with Gasteiger partial charge in [0.1, 0.15) is 6.33 Å². The number of fused-ring (bicyclic) bond motifs is 1. The number of carbonyl (C=O) groups is 1. The summed E-state index contributed by atoms with van der Waals surface area (Å²) in [6.07, 6.45) is 3.49. The van der Waals surface area contributed by atoms with E-state index in [4.69, 9.17) is 4.74 Å². The molecule has 0 N–H and O–H groups in total. The second-order valence-electron chi connectivity index (χ2n) is 3.31. The molecule has 0 amide bonds. The maximum atomic E-state index is 11.5. The van der Waals surface area contributed by atoms with Gasteiger partial charge < -0.3 is 9.14 Å². The van der Waals surface area contributed by atoms with Crippen molar-refractivity contribution in [3.63, 3.8) is 0 Å². The summed E-state index contributed by atoms with van der Waals surface area (Å²) in [4.78, 5) is 15.6. The summed E-state index contributed by atoms with van der Waals surface area (Å²) >= 11 is 0. The van der Waals surface area contributed by atoms with Crippen LogP contribution >= 0.6 is 0 Å². The summed E-state index contributed by atoms with van der Waals surface area (Å²) in [5.74, 6) is -0.370. The lowest BCUT2D eigenvalue weighted by atomic mass is 10.2. The lowest BCUT2D eigenvalue weighted by molar-refractivity contribution is 0.0522. The number of aromatic nitrogens is 2. The molecule has 2 aromatic heterocycles. The molecule has 0 saturated carbocycles. The molecule has 0 fully saturated rings. The highest BCUT2D eigenvalue weighted by Crippen LogP contribution is 2.12. The summed E-state index contributed by atoms with van der Waals surface area (Å²) in [5, 5.41) is 0. The molecule has 0 aromatic carbocycles. The fraction of sp³-hybridized carbons (Fsp3) is 0.273. The Labute approximate surface area is 87.5 Å². The van der Waals surface area contributed by atoms with Crippen molar-refractivity contribution in [3.05, 3.63) is 35.9 Å². The number of hydrogen-bond acceptors (Lipinski definition) is 3. The largest absolute Gasteiger partial charge is 0.461 e. The van der Waals surface area contributed by atoms with Gasteiger partial charge in [-0.1, -0.05) is 0 Å². The lowest BCUT2D eigenvalue weighted by Crippen LogP contribution is -2.05. The molecule has 0 unspecified atom stereocenters. The van der Waals surface area contributed by atoms with E-state index in [2.05, 4.69) is 4.98 Å². The topological polar surface area (TPSA) is 43.6 Å². The average molecular weight is 204 g/mol. The van der Waals surface area contributed by atoms with E-state index in [9.17, 15) is 4.79 Å². The normalized spacial score (nSPS) is 10.5. The van der Waals surface area contributed by atoms with Crippen molar-refractivity contribution in [1.82, 2.24) is 9.38 Å². The van der Waals surface area contributed by atoms with Crippen molar-refractivity contribution in [1.29, 1.82) is 0 Å². The van der Waals surface area contributed by atoms with E-state index < -0.39 is 0 Å². The van der Waals surface area contributed by atoms with E-state index in [1.54, 1.807) is 17.7 Å². The van der Waals surface area contributed by atoms with Crippen molar-refractivity contribution >= 4 is 11.5 Å². The lowest BCUT2D eigenvalue weighted by Gasteiger charge is -1.99. The monoisotopic (exact) mass is 204 g/mol. The molecule has 0 aliphatic rings. The summed E-state index contributed by atoms with van der Waals surface area (Å²) in [6, 6.07) is 3.88. The van der Waals surface area contributed by atoms with Crippen molar-refractivity contribution in [2.75, 3.05) is 6.61 Å². The summed E-state index contributed by atoms with van der Waals surface area (Å²) < 4.78 is 6.72. The van der Waals surface area contributed by atoms with E-state index >= 15 is 0 Å². The van der Waals surface area contributed by atoms with Crippen LogP contribution in [0.3, 0.4) is 0 Å². The van der Waals surface area contributed by atoms with Gasteiger partial charge in [0.25, 0.3) is 0 Å². The summed E-state index contributed by atoms with van der Waals surface area (Å²) in [7, 11) is 0. The third kappa shape index (κ3) is 1.70. The van der Waals surface area contributed by atoms with Crippen LogP contribution in [0.5, 0.6) is 0 Å². The molecular formula is C11H12N2O2. The maximum absolute atomic E-state index is 11.5. The van der Waals surface area contributed by atoms with Crippen LogP contribution in [-0.4, -0.2) is 22.0 Å². The number of carbonyl (C=O) groups excluding carboxylic acids is 1. The van der Waals surface area contributed by atoms with Crippen LogP contribution < -0.4 is 0 Å². The van der Waals surface area contributed by atoms with Crippen LogP contribution in [0, 0.1) is 6.92 Å². The first-order valence-corrected chi connectivity index (χ1v) is 4.83. The van der Waals surface area contributed by atoms with Gasteiger partial charge in [-0.15, -0.1) is 0 Å². The molecule has 2 rings (SSSR count). The number of pyridine rings is 1. The highest BCUT2D eigenvalue weighted by atomic mass is 16.5. The smallest absolute Gasteiger partial charge is 0.359 e. The fourth-order valence-corrected chi connectivity index (χ4v) is 1.45. The van der Waals surface area contributed by atoms with Gasteiger partial charge in [-0.05, 0) is 31.5 Å². The second-order valence-corrected chi connectivity index (χ2v) is 3.31. The molecule has 78 valence electrons. The van der Waals surface area contributed by atoms with Crippen LogP contribution in [-0.2, 0) is 4.74 Å². The van der Waals surface area contributed by atoms with E-state index in [0.717, 1.165) is 11.1 Å². The Hall–Kier alpha value is -1.84. The molecule has 2 heterocycles. The van der Waals surface area contributed by atoms with Gasteiger partial charge in [-0.25, -0.2) is 9.78 Å². The Morgan fingerprint density at radius 3 is 3.13 bits per heavy atom. The van der Waals surface area contributed by atoms with Crippen LogP contribution in [0.15, 0.2) is 24.7 Å². The molecule has 0 aliphatic carbocycles. The Bertz CT molecular complexity index is 502. The first kappa shape index (κ1) is 9.71. The first-order chi connectivity index (χ1) is 7.22. The average Bonchev–Trinajstić information content (AvgIpc) is 2.60. The summed E-state index contributed by atoms with van der Waals surface area (Å²) in [6.45, 7) is 4.12. The third-order valence-corrected chi connectivity index (χ3v) is 2.16. The molecule has 4 nitrogen and oxygen atoms in total. The maximum Gasteiger partial charge on any atom is 0.359 e. The minimum absolute atomic E-state index is 0.365. The van der Waals surface area contributed by atoms with Crippen LogP contribution in [0.25, 0.3) is 5.52 Å². The Morgan fingerprint density at radius 1 is 1.60 bits per heavy atom. The van der Waals surface area contributed by atoms with Crippen LogP contribution in [0.2, 0.25) is 0 Å². The highest BCUT2D eigenvalue weighted by molar-refractivity contribution is 5.95. The van der Waals surface area contributed by atoms with E-state index in [0.29, 0.717) is 12.3 Å². The minimum atomic E-state index is -0.370. The predicted octanol–water partition coefficient (Wildman–Crippen LogP) is 1.82. The number of hydrogen-bond donors (Lipinski definition) is 0. The molecular weight excluding hydrogens is 192 g/mol. The number of esters is 1. The fourth-order valence-electron chi connectivity index (χ4n) is 1.45. The van der Waals surface area contributed by atoms with Crippen molar-refractivity contribution in [2.45, 2.75) is 13.8 Å². The molecule has 0 aliphatic heterocycles. The third-order valence-electron chi connectivity index (χ3n) is 2.16. The van der Waals surface area contributed by atoms with Crippen molar-refractivity contribution < 1.29 is 9.53 Å². The number of nitrogens with zero attached hydrogens (tertiary/aromatic N) is 2. The summed E-state index contributed by atoms with van der Waals surface area (Å²) in [5.41, 5.74) is 2.25. The van der Waals surface area contributed by atoms with Gasteiger partial charge in [0, 0.05) is 6.20 Å². The Kier molecular flexibility index (Phi) is 2.41. The van der Waals surface area contributed by atoms with Gasteiger partial charge >= 0.3 is 5.97 Å². The van der Waals surface area contributed by atoms with Gasteiger partial charge in [0.2, 0.25) is 0 Å². The zero-order valence-electron chi connectivity index (χ0n) is 8.73.